The van der Waals surface area contributed by atoms with Crippen molar-refractivity contribution in [3.05, 3.63) is 77.1 Å². The zero-order valence-corrected chi connectivity index (χ0v) is 25.9. The number of aromatic amines is 1. The summed E-state index contributed by atoms with van der Waals surface area (Å²) in [7, 11) is 1.46. The lowest BCUT2D eigenvalue weighted by atomic mass is 10.0. The Hall–Kier alpha value is -4.62. The Labute approximate surface area is 264 Å². The maximum Gasteiger partial charge on any atom is 0.416 e. The highest BCUT2D eigenvalue weighted by Crippen LogP contribution is 2.38. The van der Waals surface area contributed by atoms with Crippen molar-refractivity contribution < 1.29 is 27.5 Å². The molecule has 0 saturated carbocycles. The fourth-order valence-electron chi connectivity index (χ4n) is 6.20. The lowest BCUT2D eigenvalue weighted by Crippen LogP contribution is -2.47. The highest BCUT2D eigenvalue weighted by molar-refractivity contribution is 6.11. The minimum Gasteiger partial charge on any atom is -0.497 e. The Morgan fingerprint density at radius 1 is 1.02 bits per heavy atom. The predicted molar refractivity (Wildman–Crippen MR) is 170 cm³/mol. The third-order valence-corrected chi connectivity index (χ3v) is 8.69. The number of H-pyrrole nitrogens is 1. The molecule has 10 nitrogen and oxygen atoms in total. The Kier molecular flexibility index (Phi) is 8.62. The van der Waals surface area contributed by atoms with E-state index in [1.54, 1.807) is 40.4 Å². The van der Waals surface area contributed by atoms with Crippen molar-refractivity contribution in [2.75, 3.05) is 61.5 Å². The number of nitrogens with one attached hydrogen (secondary N) is 2. The number of piperazine rings is 1. The molecular weight excluding hydrogens is 599 g/mol. The number of aromatic nitrogens is 2. The first-order chi connectivity index (χ1) is 22.1. The molecule has 1 saturated heterocycles. The van der Waals surface area contributed by atoms with E-state index in [-0.39, 0.29) is 35.9 Å². The molecule has 2 aliphatic heterocycles. The number of fused-ring (bicyclic) bond motifs is 3. The molecule has 0 bridgehead atoms. The number of methoxy groups -OCH3 is 1. The van der Waals surface area contributed by atoms with Crippen LogP contribution in [-0.4, -0.2) is 78.1 Å². The van der Waals surface area contributed by atoms with Crippen LogP contribution in [0.5, 0.6) is 5.75 Å². The molecule has 4 heterocycles. The van der Waals surface area contributed by atoms with E-state index in [0.717, 1.165) is 42.3 Å². The van der Waals surface area contributed by atoms with Gasteiger partial charge in [-0.25, -0.2) is 9.78 Å². The number of anilines is 3. The zero-order valence-electron chi connectivity index (χ0n) is 25.9. The number of ether oxygens (including phenoxy) is 1. The quantitative estimate of drug-likeness (QED) is 0.249. The molecule has 2 aromatic carbocycles. The molecular formula is C33H36F3N7O3. The number of urea groups is 1. The second kappa shape index (κ2) is 12.6. The molecule has 0 aliphatic carbocycles. The van der Waals surface area contributed by atoms with Crippen molar-refractivity contribution in [1.29, 1.82) is 0 Å². The van der Waals surface area contributed by atoms with E-state index < -0.39 is 17.6 Å². The molecule has 242 valence electrons. The SMILES string of the molecule is CCN1CCN(Cc2ccc(C(=O)Nc3cc(OC)cc(N4Cc5cnc6[nH]ccc6c5N(CC)C4=O)c3)cc2C(F)(F)F)CC1. The molecule has 6 rings (SSSR count). The van der Waals surface area contributed by atoms with Crippen molar-refractivity contribution >= 4 is 40.0 Å². The fraction of sp³-hybridized carbons (Fsp3) is 0.364. The Morgan fingerprint density at radius 3 is 2.48 bits per heavy atom. The highest BCUT2D eigenvalue weighted by atomic mass is 19.4. The minimum atomic E-state index is -4.63. The van der Waals surface area contributed by atoms with Gasteiger partial charge in [0.25, 0.3) is 5.91 Å². The molecule has 2 N–H and O–H groups in total. The van der Waals surface area contributed by atoms with Crippen LogP contribution < -0.4 is 19.9 Å². The number of rotatable bonds is 8. The summed E-state index contributed by atoms with van der Waals surface area (Å²) in [4.78, 5) is 42.1. The molecule has 0 spiro atoms. The van der Waals surface area contributed by atoms with E-state index >= 15 is 0 Å². The van der Waals surface area contributed by atoms with Crippen LogP contribution >= 0.6 is 0 Å². The third-order valence-electron chi connectivity index (χ3n) is 8.69. The summed E-state index contributed by atoms with van der Waals surface area (Å²) in [6, 6.07) is 10.2. The number of hydrogen-bond donors (Lipinski definition) is 2. The number of carbonyl (C=O) groups excluding carboxylic acids is 2. The van der Waals surface area contributed by atoms with E-state index in [0.29, 0.717) is 36.7 Å². The Balaban J connectivity index is 1.26. The van der Waals surface area contributed by atoms with E-state index in [4.69, 9.17) is 4.74 Å². The summed E-state index contributed by atoms with van der Waals surface area (Å²) < 4.78 is 48.1. The standard InChI is InChI=1S/C33H36F3N7O3/c1-4-40-10-12-41(13-11-40)19-22-7-6-21(14-28(22)33(34,35)36)31(44)39-24-15-25(17-26(16-24)46-3)43-20-23-18-38-30-27(8-9-37-30)29(23)42(5-2)32(43)45/h6-9,14-18H,4-5,10-13,19-20H2,1-3H3,(H,37,38)(H,39,44). The molecule has 0 radical (unpaired) electrons. The van der Waals surface area contributed by atoms with Crippen LogP contribution in [0, 0.1) is 0 Å². The first-order valence-corrected chi connectivity index (χ1v) is 15.3. The van der Waals surface area contributed by atoms with Gasteiger partial charge in [-0.2, -0.15) is 13.2 Å². The van der Waals surface area contributed by atoms with Crippen LogP contribution in [0.3, 0.4) is 0 Å². The number of hydrogen-bond acceptors (Lipinski definition) is 6. The lowest BCUT2D eigenvalue weighted by Gasteiger charge is -2.37. The molecule has 13 heteroatoms. The number of carbonyl (C=O) groups is 2. The number of nitrogens with zero attached hydrogens (tertiary/aromatic N) is 5. The second-order valence-corrected chi connectivity index (χ2v) is 11.4. The van der Waals surface area contributed by atoms with Crippen LogP contribution in [0.4, 0.5) is 35.0 Å². The van der Waals surface area contributed by atoms with Crippen LogP contribution in [0.2, 0.25) is 0 Å². The first-order valence-electron chi connectivity index (χ1n) is 15.3. The molecule has 4 aromatic rings. The predicted octanol–water partition coefficient (Wildman–Crippen LogP) is 5.95. The normalized spacial score (nSPS) is 16.2. The number of halogens is 3. The summed E-state index contributed by atoms with van der Waals surface area (Å²) >= 11 is 0. The fourth-order valence-corrected chi connectivity index (χ4v) is 6.20. The van der Waals surface area contributed by atoms with Crippen LogP contribution in [0.15, 0.2) is 54.9 Å². The van der Waals surface area contributed by atoms with E-state index in [1.807, 2.05) is 17.9 Å². The van der Waals surface area contributed by atoms with Gasteiger partial charge in [0.2, 0.25) is 0 Å². The van der Waals surface area contributed by atoms with Crippen LogP contribution in [0.1, 0.15) is 40.9 Å². The van der Waals surface area contributed by atoms with Gasteiger partial charge in [-0.3, -0.25) is 19.5 Å². The molecule has 0 atom stereocenters. The molecule has 0 unspecified atom stereocenters. The minimum absolute atomic E-state index is 0.127. The van der Waals surface area contributed by atoms with Crippen molar-refractivity contribution in [2.24, 2.45) is 0 Å². The van der Waals surface area contributed by atoms with Crippen molar-refractivity contribution in [3.63, 3.8) is 0 Å². The van der Waals surface area contributed by atoms with E-state index in [1.165, 1.54) is 19.2 Å². The molecule has 2 aromatic heterocycles. The van der Waals surface area contributed by atoms with Crippen LogP contribution in [0.25, 0.3) is 11.0 Å². The second-order valence-electron chi connectivity index (χ2n) is 11.4. The van der Waals surface area contributed by atoms with Gasteiger partial charge >= 0.3 is 12.2 Å². The lowest BCUT2D eigenvalue weighted by molar-refractivity contribution is -0.138. The van der Waals surface area contributed by atoms with Gasteiger partial charge in [0, 0.05) is 86.0 Å². The third kappa shape index (κ3) is 6.12. The van der Waals surface area contributed by atoms with Gasteiger partial charge < -0.3 is 19.9 Å². The van der Waals surface area contributed by atoms with Gasteiger partial charge in [0.15, 0.2) is 0 Å². The number of benzene rings is 2. The van der Waals surface area contributed by atoms with Gasteiger partial charge in [-0.05, 0) is 43.3 Å². The molecule has 1 fully saturated rings. The van der Waals surface area contributed by atoms with Crippen molar-refractivity contribution in [1.82, 2.24) is 19.8 Å². The summed E-state index contributed by atoms with van der Waals surface area (Å²) in [6.45, 7) is 8.62. The average Bonchev–Trinajstić information content (AvgIpc) is 3.53. The average molecular weight is 636 g/mol. The smallest absolute Gasteiger partial charge is 0.416 e. The van der Waals surface area contributed by atoms with Gasteiger partial charge in [0.05, 0.1) is 30.6 Å². The van der Waals surface area contributed by atoms with Gasteiger partial charge in [-0.1, -0.05) is 13.0 Å². The van der Waals surface area contributed by atoms with Gasteiger partial charge in [0.1, 0.15) is 11.4 Å². The number of pyridine rings is 1. The van der Waals surface area contributed by atoms with E-state index in [9.17, 15) is 22.8 Å². The van der Waals surface area contributed by atoms with Gasteiger partial charge in [-0.15, -0.1) is 0 Å². The Morgan fingerprint density at radius 2 is 1.78 bits per heavy atom. The summed E-state index contributed by atoms with van der Waals surface area (Å²) in [5.74, 6) is -0.347. The first kappa shape index (κ1) is 31.4. The molecule has 3 amide bonds. The molecule has 2 aliphatic rings. The summed E-state index contributed by atoms with van der Waals surface area (Å²) in [5, 5.41) is 3.55. The summed E-state index contributed by atoms with van der Waals surface area (Å²) in [5.41, 5.74) is 2.21. The van der Waals surface area contributed by atoms with Crippen LogP contribution in [-0.2, 0) is 19.3 Å². The zero-order chi connectivity index (χ0) is 32.6. The highest BCUT2D eigenvalue weighted by Gasteiger charge is 2.35. The number of amides is 3. The Bertz CT molecular complexity index is 1770. The monoisotopic (exact) mass is 635 g/mol. The maximum absolute atomic E-state index is 14.2. The van der Waals surface area contributed by atoms with Crippen molar-refractivity contribution in [3.8, 4) is 5.75 Å². The topological polar surface area (TPSA) is 97.0 Å². The number of alkyl halides is 3. The maximum atomic E-state index is 14.2. The summed E-state index contributed by atoms with van der Waals surface area (Å²) in [6.07, 6.45) is -1.12. The molecule has 46 heavy (non-hydrogen) atoms. The van der Waals surface area contributed by atoms with Crippen molar-refractivity contribution in [2.45, 2.75) is 33.1 Å². The number of likely N-dealkylation sites (N-methyl/N-ethyl adjacent to an activating group) is 1. The van der Waals surface area contributed by atoms with E-state index in [2.05, 4.69) is 27.1 Å². The largest absolute Gasteiger partial charge is 0.497 e.